The second-order valence-corrected chi connectivity index (χ2v) is 18.5. The van der Waals surface area contributed by atoms with Crippen LogP contribution in [0.2, 0.25) is 0 Å². The van der Waals surface area contributed by atoms with E-state index >= 15 is 0 Å². The lowest BCUT2D eigenvalue weighted by atomic mass is 9.81. The van der Waals surface area contributed by atoms with E-state index in [0.717, 1.165) is 37.2 Å². The molecule has 0 saturated heterocycles. The van der Waals surface area contributed by atoms with Crippen LogP contribution in [0.3, 0.4) is 0 Å². The third-order valence-corrected chi connectivity index (χ3v) is 13.4. The van der Waals surface area contributed by atoms with Crippen LogP contribution in [0.25, 0.3) is 0 Å². The fourth-order valence-electron chi connectivity index (χ4n) is 9.04. The maximum atomic E-state index is 13.5. The van der Waals surface area contributed by atoms with Gasteiger partial charge in [-0.05, 0) is 152 Å². The molecule has 1 amide bonds. The Morgan fingerprint density at radius 1 is 0.542 bits per heavy atom. The number of hydrogen-bond donors (Lipinski definition) is 1. The second-order valence-electron chi connectivity index (χ2n) is 18.5. The predicted octanol–water partition coefficient (Wildman–Crippen LogP) is 8.58. The zero-order valence-electron chi connectivity index (χ0n) is 41.6. The molecule has 0 unspecified atom stereocenters. The van der Waals surface area contributed by atoms with Crippen LogP contribution in [0, 0.1) is 42.4 Å². The van der Waals surface area contributed by atoms with Crippen LogP contribution in [-0.2, 0) is 68.5 Å². The van der Waals surface area contributed by atoms with Crippen LogP contribution in [0.5, 0.6) is 17.2 Å². The number of rotatable bonds is 25. The average molecular weight is 1000 g/mol. The van der Waals surface area contributed by atoms with Crippen molar-refractivity contribution in [2.24, 2.45) is 35.5 Å². The van der Waals surface area contributed by atoms with E-state index < -0.39 is 53.6 Å². The lowest BCUT2D eigenvalue weighted by molar-refractivity contribution is -0.152. The third kappa shape index (κ3) is 17.8. The summed E-state index contributed by atoms with van der Waals surface area (Å²) in [4.78, 5) is 100. The first-order valence-corrected chi connectivity index (χ1v) is 25.0. The highest BCUT2D eigenvalue weighted by molar-refractivity contribution is 5.93. The van der Waals surface area contributed by atoms with E-state index in [2.05, 4.69) is 25.1 Å². The lowest BCUT2D eigenvalue weighted by Gasteiger charge is -2.29. The molecular formula is C55H69NO16. The second kappa shape index (κ2) is 28.9. The molecule has 0 atom stereocenters. The number of ether oxygens (including phenoxy) is 8. The topological polar surface area (TPSA) is 222 Å². The molecule has 0 heterocycles. The van der Waals surface area contributed by atoms with Gasteiger partial charge < -0.3 is 43.2 Å². The Morgan fingerprint density at radius 3 is 1.50 bits per heavy atom. The van der Waals surface area contributed by atoms with Crippen LogP contribution in [0.1, 0.15) is 114 Å². The number of unbranched alkanes of at least 4 members (excludes halogenated alkanes) is 2. The van der Waals surface area contributed by atoms with Gasteiger partial charge in [0, 0.05) is 35.2 Å². The molecule has 5 rings (SSSR count). The molecular weight excluding hydrogens is 931 g/mol. The summed E-state index contributed by atoms with van der Waals surface area (Å²) >= 11 is 0. The normalized spacial score (nSPS) is 20.5. The summed E-state index contributed by atoms with van der Waals surface area (Å²) in [6.07, 6.45) is 10.7. The van der Waals surface area contributed by atoms with Gasteiger partial charge in [0.15, 0.2) is 0 Å². The standard InChI is InChI=1S/C55H69NO16/c1-6-48(57)67-29-9-8-28-66-36(4)37-12-14-38(15-13-37)51(60)56-44-24-26-46(35(3)32-44)71-54(63)41-20-22-42(23-21-41)55(64)72-47-27-25-45(33-43(47)34-50(59)65-5)70-53(62)40-18-16-39(17-19-40)52(61)69-31-11-10-30-68-49(58)7-2/h6-7,24-27,32-33,37-42H,1-2,4,8-23,28-31,34H2,3,5H3,(H,56,60). The monoisotopic (exact) mass is 999 g/mol. The number of esters is 7. The smallest absolute Gasteiger partial charge is 0.330 e. The molecule has 3 saturated carbocycles. The van der Waals surface area contributed by atoms with Gasteiger partial charge in [0.2, 0.25) is 5.91 Å². The molecule has 17 nitrogen and oxygen atoms in total. The summed E-state index contributed by atoms with van der Waals surface area (Å²) in [7, 11) is 1.23. The van der Waals surface area contributed by atoms with Crippen molar-refractivity contribution in [3.05, 3.63) is 85.2 Å². The number of nitrogens with one attached hydrogen (secondary N) is 1. The van der Waals surface area contributed by atoms with Crippen LogP contribution >= 0.6 is 0 Å². The molecule has 3 fully saturated rings. The number of anilines is 1. The molecule has 0 aliphatic heterocycles. The lowest BCUT2D eigenvalue weighted by Crippen LogP contribution is -2.30. The van der Waals surface area contributed by atoms with Gasteiger partial charge in [-0.15, -0.1) is 0 Å². The number of carbonyl (C=O) groups is 8. The highest BCUT2D eigenvalue weighted by Crippen LogP contribution is 2.37. The molecule has 0 radical (unpaired) electrons. The highest BCUT2D eigenvalue weighted by Gasteiger charge is 2.35. The number of hydrogen-bond acceptors (Lipinski definition) is 16. The fraction of sp³-hybridized carbons (Fsp3) is 0.527. The Kier molecular flexibility index (Phi) is 22.5. The summed E-state index contributed by atoms with van der Waals surface area (Å²) in [5.74, 6) is -3.68. The summed E-state index contributed by atoms with van der Waals surface area (Å²) < 4.78 is 43.3. The molecule has 0 bridgehead atoms. The molecule has 3 aliphatic carbocycles. The van der Waals surface area contributed by atoms with Crippen molar-refractivity contribution in [3.8, 4) is 17.2 Å². The van der Waals surface area contributed by atoms with Gasteiger partial charge in [0.1, 0.15) is 17.2 Å². The Bertz CT molecular complexity index is 2260. The number of allylic oxidation sites excluding steroid dienone is 1. The molecule has 1 N–H and O–H groups in total. The molecule has 0 aromatic heterocycles. The zero-order chi connectivity index (χ0) is 52.0. The molecule has 17 heteroatoms. The number of aryl methyl sites for hydroxylation is 1. The third-order valence-electron chi connectivity index (χ3n) is 13.4. The SMILES string of the molecule is C=CC(=O)OCCCCOC(=C)C1CCC(C(=O)Nc2ccc(OC(=O)C3CCC(C(=O)Oc4ccc(OC(=O)C5CCC(C(=O)OCCCCOC(=O)C=C)CC5)cc4CC(=O)OC)CC3)c(C)c2)CC1. The van der Waals surface area contributed by atoms with Crippen molar-refractivity contribution < 1.29 is 76.3 Å². The van der Waals surface area contributed by atoms with Crippen molar-refractivity contribution in [2.45, 2.75) is 116 Å². The summed E-state index contributed by atoms with van der Waals surface area (Å²) in [6.45, 7) is 13.8. The van der Waals surface area contributed by atoms with Gasteiger partial charge in [-0.2, -0.15) is 0 Å². The van der Waals surface area contributed by atoms with Gasteiger partial charge in [0.05, 0.1) is 69.4 Å². The van der Waals surface area contributed by atoms with Crippen LogP contribution in [0.15, 0.2) is 74.0 Å². The molecule has 72 heavy (non-hydrogen) atoms. The summed E-state index contributed by atoms with van der Waals surface area (Å²) in [6, 6.07) is 9.57. The Morgan fingerprint density at radius 2 is 0.986 bits per heavy atom. The Balaban J connectivity index is 1.02. The summed E-state index contributed by atoms with van der Waals surface area (Å²) in [5, 5.41) is 3.01. The van der Waals surface area contributed by atoms with E-state index in [1.807, 2.05) is 0 Å². The van der Waals surface area contributed by atoms with Crippen LogP contribution in [-0.4, -0.2) is 81.2 Å². The first-order valence-electron chi connectivity index (χ1n) is 25.0. The number of carbonyl (C=O) groups excluding carboxylic acids is 8. The van der Waals surface area contributed by atoms with Crippen LogP contribution in [0.4, 0.5) is 5.69 Å². The van der Waals surface area contributed by atoms with Crippen molar-refractivity contribution in [1.82, 2.24) is 0 Å². The van der Waals surface area contributed by atoms with Gasteiger partial charge in [0.25, 0.3) is 0 Å². The van der Waals surface area contributed by atoms with E-state index in [0.29, 0.717) is 114 Å². The first kappa shape index (κ1) is 56.1. The van der Waals surface area contributed by atoms with E-state index in [9.17, 15) is 38.4 Å². The van der Waals surface area contributed by atoms with Gasteiger partial charge in [-0.1, -0.05) is 19.7 Å². The van der Waals surface area contributed by atoms with Gasteiger partial charge >= 0.3 is 41.8 Å². The molecule has 3 aliphatic rings. The van der Waals surface area contributed by atoms with Crippen molar-refractivity contribution in [1.29, 1.82) is 0 Å². The number of benzene rings is 2. The average Bonchev–Trinajstić information content (AvgIpc) is 3.39. The fourth-order valence-corrected chi connectivity index (χ4v) is 9.04. The minimum atomic E-state index is -0.592. The summed E-state index contributed by atoms with van der Waals surface area (Å²) in [5.41, 5.74) is 1.56. The number of amides is 1. The van der Waals surface area contributed by atoms with E-state index in [1.54, 1.807) is 25.1 Å². The molecule has 390 valence electrons. The Hall–Kier alpha value is -6.78. The maximum absolute atomic E-state index is 13.5. The molecule has 2 aromatic carbocycles. The maximum Gasteiger partial charge on any atom is 0.330 e. The van der Waals surface area contributed by atoms with Crippen molar-refractivity contribution in [2.75, 3.05) is 38.9 Å². The Labute approximate surface area is 421 Å². The van der Waals surface area contributed by atoms with Crippen molar-refractivity contribution >= 4 is 53.4 Å². The highest BCUT2D eigenvalue weighted by atomic mass is 16.6. The zero-order valence-corrected chi connectivity index (χ0v) is 41.6. The van der Waals surface area contributed by atoms with E-state index in [4.69, 9.17) is 37.9 Å². The molecule has 0 spiro atoms. The molecule has 2 aromatic rings. The minimum Gasteiger partial charge on any atom is -0.498 e. The largest absolute Gasteiger partial charge is 0.498 e. The first-order chi connectivity index (χ1) is 34.7. The van der Waals surface area contributed by atoms with E-state index in [1.165, 1.54) is 25.3 Å². The van der Waals surface area contributed by atoms with Crippen LogP contribution < -0.4 is 19.5 Å². The minimum absolute atomic E-state index is 0.0728. The van der Waals surface area contributed by atoms with Gasteiger partial charge in [-0.25, -0.2) is 9.59 Å². The van der Waals surface area contributed by atoms with Crippen molar-refractivity contribution in [3.63, 3.8) is 0 Å². The van der Waals surface area contributed by atoms with Gasteiger partial charge in [-0.3, -0.25) is 28.8 Å². The number of methoxy groups -OCH3 is 1. The van der Waals surface area contributed by atoms with E-state index in [-0.39, 0.29) is 66.3 Å². The predicted molar refractivity (Wildman–Crippen MR) is 262 cm³/mol. The quantitative estimate of drug-likeness (QED) is 0.0246.